The molecule has 7 nitrogen and oxygen atoms in total. The van der Waals surface area contributed by atoms with E-state index in [4.69, 9.17) is 9.47 Å². The normalized spacial score (nSPS) is 20.7. The van der Waals surface area contributed by atoms with Crippen LogP contribution < -0.4 is 14.8 Å². The van der Waals surface area contributed by atoms with Gasteiger partial charge in [-0.2, -0.15) is 16.9 Å². The van der Waals surface area contributed by atoms with E-state index >= 15 is 0 Å². The largest absolute Gasteiger partial charge is 0.454 e. The molecule has 0 saturated carbocycles. The van der Waals surface area contributed by atoms with Crippen LogP contribution in [-0.4, -0.2) is 58.0 Å². The van der Waals surface area contributed by atoms with Crippen LogP contribution in [0.5, 0.6) is 11.5 Å². The third-order valence-corrected chi connectivity index (χ3v) is 7.15. The Balaban J connectivity index is 1.22. The lowest BCUT2D eigenvalue weighted by Gasteiger charge is -2.39. The second-order valence-corrected chi connectivity index (χ2v) is 9.02. The van der Waals surface area contributed by atoms with E-state index in [2.05, 4.69) is 27.1 Å². The van der Waals surface area contributed by atoms with Crippen LogP contribution in [0.3, 0.4) is 0 Å². The molecule has 0 aliphatic carbocycles. The summed E-state index contributed by atoms with van der Waals surface area (Å²) in [5.74, 6) is 4.46. The monoisotopic (exact) mass is 414 g/mol. The Morgan fingerprint density at radius 2 is 1.83 bits per heavy atom. The molecule has 0 atom stereocenters. The number of aromatic nitrogens is 2. The Labute approximate surface area is 174 Å². The van der Waals surface area contributed by atoms with Crippen LogP contribution in [0.4, 0.5) is 5.82 Å². The smallest absolute Gasteiger partial charge is 0.256 e. The van der Waals surface area contributed by atoms with Gasteiger partial charge >= 0.3 is 0 Å². The molecule has 1 aromatic heterocycles. The Kier molecular flexibility index (Phi) is 5.37. The Bertz CT molecular complexity index is 873. The summed E-state index contributed by atoms with van der Waals surface area (Å²) in [6, 6.07) is 8.19. The van der Waals surface area contributed by atoms with E-state index in [1.165, 1.54) is 24.3 Å². The summed E-state index contributed by atoms with van der Waals surface area (Å²) in [6.45, 7) is 2.41. The van der Waals surface area contributed by atoms with E-state index < -0.39 is 0 Å². The van der Waals surface area contributed by atoms with Gasteiger partial charge in [0.25, 0.3) is 5.91 Å². The summed E-state index contributed by atoms with van der Waals surface area (Å²) in [5.41, 5.74) is 0.548. The molecule has 2 aromatic rings. The van der Waals surface area contributed by atoms with Crippen LogP contribution in [0.15, 0.2) is 30.5 Å². The van der Waals surface area contributed by atoms with Crippen molar-refractivity contribution >= 4 is 23.5 Å². The number of likely N-dealkylation sites (tertiary alicyclic amines) is 1. The molecule has 0 bridgehead atoms. The van der Waals surface area contributed by atoms with Crippen molar-refractivity contribution in [1.29, 1.82) is 0 Å². The van der Waals surface area contributed by atoms with E-state index in [-0.39, 0.29) is 12.7 Å². The second kappa shape index (κ2) is 8.28. The number of nitrogens with one attached hydrogen (secondary N) is 1. The van der Waals surface area contributed by atoms with Crippen molar-refractivity contribution in [3.05, 3.63) is 36.0 Å². The third kappa shape index (κ3) is 3.96. The number of ether oxygens (including phenoxy) is 2. The van der Waals surface area contributed by atoms with Crippen molar-refractivity contribution in [2.45, 2.75) is 37.8 Å². The Hall–Kier alpha value is -2.19. The van der Waals surface area contributed by atoms with Gasteiger partial charge in [0.15, 0.2) is 11.5 Å². The van der Waals surface area contributed by atoms with E-state index in [1.54, 1.807) is 24.4 Å². The van der Waals surface area contributed by atoms with Gasteiger partial charge in [-0.3, -0.25) is 4.79 Å². The quantitative estimate of drug-likeness (QED) is 0.827. The van der Waals surface area contributed by atoms with E-state index in [0.29, 0.717) is 23.1 Å². The van der Waals surface area contributed by atoms with Crippen molar-refractivity contribution in [3.63, 3.8) is 0 Å². The summed E-state index contributed by atoms with van der Waals surface area (Å²) >= 11 is 2.08. The number of carbonyl (C=O) groups is 1. The highest BCUT2D eigenvalue weighted by molar-refractivity contribution is 7.99. The van der Waals surface area contributed by atoms with Crippen LogP contribution in [0.25, 0.3) is 0 Å². The van der Waals surface area contributed by atoms with Gasteiger partial charge in [0, 0.05) is 30.8 Å². The molecular weight excluding hydrogens is 388 g/mol. The minimum absolute atomic E-state index is 0.165. The molecule has 154 valence electrons. The van der Waals surface area contributed by atoms with Crippen molar-refractivity contribution in [3.8, 4) is 11.5 Å². The lowest BCUT2D eigenvalue weighted by Crippen LogP contribution is -2.43. The maximum Gasteiger partial charge on any atom is 0.256 e. The standard InChI is InChI=1S/C21H26N4O3S/c26-21(15-1-2-18-19(13-15)28-14-27-18)23-20-3-8-22-25(20)17-4-9-24(10-5-17)16-6-11-29-12-7-16/h1-3,8,13,16-17H,4-7,9-12,14H2,(H,23,26). The predicted molar refractivity (Wildman–Crippen MR) is 113 cm³/mol. The van der Waals surface area contributed by atoms with Gasteiger partial charge in [0.2, 0.25) is 6.79 Å². The van der Waals surface area contributed by atoms with Crippen molar-refractivity contribution in [2.24, 2.45) is 0 Å². The van der Waals surface area contributed by atoms with E-state index in [1.807, 2.05) is 10.7 Å². The first kappa shape index (κ1) is 18.8. The van der Waals surface area contributed by atoms with Gasteiger partial charge in [-0.05, 0) is 55.4 Å². The zero-order chi connectivity index (χ0) is 19.6. The molecule has 1 amide bonds. The summed E-state index contributed by atoms with van der Waals surface area (Å²) in [6.07, 6.45) is 6.53. The van der Waals surface area contributed by atoms with Crippen molar-refractivity contribution in [2.75, 3.05) is 36.7 Å². The molecule has 1 aromatic carbocycles. The molecule has 4 heterocycles. The number of rotatable bonds is 4. The van der Waals surface area contributed by atoms with Gasteiger partial charge in [0.1, 0.15) is 5.82 Å². The van der Waals surface area contributed by atoms with Gasteiger partial charge in [-0.1, -0.05) is 0 Å². The van der Waals surface area contributed by atoms with Gasteiger partial charge in [-0.15, -0.1) is 0 Å². The average molecular weight is 415 g/mol. The maximum atomic E-state index is 12.7. The fourth-order valence-electron chi connectivity index (χ4n) is 4.48. The van der Waals surface area contributed by atoms with E-state index in [0.717, 1.165) is 37.8 Å². The molecule has 0 unspecified atom stereocenters. The van der Waals surface area contributed by atoms with Crippen LogP contribution in [-0.2, 0) is 0 Å². The molecular formula is C21H26N4O3S. The molecule has 29 heavy (non-hydrogen) atoms. The van der Waals surface area contributed by atoms with Crippen molar-refractivity contribution in [1.82, 2.24) is 14.7 Å². The molecule has 1 N–H and O–H groups in total. The summed E-state index contributed by atoms with van der Waals surface area (Å²) < 4.78 is 12.7. The summed E-state index contributed by atoms with van der Waals surface area (Å²) in [4.78, 5) is 15.4. The fraction of sp³-hybridized carbons (Fsp3) is 0.524. The maximum absolute atomic E-state index is 12.7. The molecule has 0 radical (unpaired) electrons. The van der Waals surface area contributed by atoms with Crippen LogP contribution in [0.2, 0.25) is 0 Å². The minimum Gasteiger partial charge on any atom is -0.454 e. The highest BCUT2D eigenvalue weighted by Gasteiger charge is 2.28. The molecule has 2 saturated heterocycles. The predicted octanol–water partition coefficient (Wildman–Crippen LogP) is 3.40. The number of anilines is 1. The molecule has 8 heteroatoms. The number of piperidine rings is 1. The van der Waals surface area contributed by atoms with Crippen LogP contribution in [0.1, 0.15) is 42.1 Å². The average Bonchev–Trinajstić information content (AvgIpc) is 3.43. The van der Waals surface area contributed by atoms with Gasteiger partial charge in [-0.25, -0.2) is 4.68 Å². The van der Waals surface area contributed by atoms with Crippen molar-refractivity contribution < 1.29 is 14.3 Å². The topological polar surface area (TPSA) is 68.6 Å². The summed E-state index contributed by atoms with van der Waals surface area (Å²) in [5, 5.41) is 7.54. The number of carbonyl (C=O) groups excluding carboxylic acids is 1. The molecule has 5 rings (SSSR count). The van der Waals surface area contributed by atoms with E-state index in [9.17, 15) is 4.79 Å². The first-order chi connectivity index (χ1) is 14.3. The van der Waals surface area contributed by atoms with Crippen LogP contribution >= 0.6 is 11.8 Å². The third-order valence-electron chi connectivity index (χ3n) is 6.10. The fourth-order valence-corrected chi connectivity index (χ4v) is 5.56. The number of thioether (sulfide) groups is 1. The first-order valence-corrected chi connectivity index (χ1v) is 11.5. The molecule has 3 aliphatic rings. The number of benzene rings is 1. The zero-order valence-electron chi connectivity index (χ0n) is 16.4. The van der Waals surface area contributed by atoms with Crippen LogP contribution in [0, 0.1) is 0 Å². The first-order valence-electron chi connectivity index (χ1n) is 10.3. The Morgan fingerprint density at radius 1 is 1.03 bits per heavy atom. The minimum atomic E-state index is -0.165. The highest BCUT2D eigenvalue weighted by Crippen LogP contribution is 2.33. The Morgan fingerprint density at radius 3 is 2.66 bits per heavy atom. The highest BCUT2D eigenvalue weighted by atomic mass is 32.2. The SMILES string of the molecule is O=C(Nc1ccnn1C1CCN(C2CCSCC2)CC1)c1ccc2c(c1)OCO2. The lowest BCUT2D eigenvalue weighted by atomic mass is 10.0. The van der Waals surface area contributed by atoms with Gasteiger partial charge < -0.3 is 19.7 Å². The lowest BCUT2D eigenvalue weighted by molar-refractivity contribution is 0.102. The molecule has 2 fully saturated rings. The number of fused-ring (bicyclic) bond motifs is 1. The molecule has 3 aliphatic heterocycles. The number of nitrogens with zero attached hydrogens (tertiary/aromatic N) is 3. The second-order valence-electron chi connectivity index (χ2n) is 7.79. The van der Waals surface area contributed by atoms with Gasteiger partial charge in [0.05, 0.1) is 12.2 Å². The number of hydrogen-bond donors (Lipinski definition) is 1. The summed E-state index contributed by atoms with van der Waals surface area (Å²) in [7, 11) is 0. The zero-order valence-corrected chi connectivity index (χ0v) is 17.2. The number of hydrogen-bond acceptors (Lipinski definition) is 6. The molecule has 0 spiro atoms. The number of amides is 1.